The quantitative estimate of drug-likeness (QED) is 0.364. The lowest BCUT2D eigenvalue weighted by Crippen LogP contribution is -2.68. The number of rotatable bonds is 7. The van der Waals surface area contributed by atoms with Gasteiger partial charge in [-0.15, -0.1) is 0 Å². The molecule has 3 aliphatic rings. The summed E-state index contributed by atoms with van der Waals surface area (Å²) in [4.78, 5) is 13.0. The van der Waals surface area contributed by atoms with Crippen molar-refractivity contribution >= 4 is 16.9 Å². The van der Waals surface area contributed by atoms with E-state index >= 15 is 4.39 Å². The van der Waals surface area contributed by atoms with Crippen molar-refractivity contribution in [2.75, 3.05) is 51.5 Å². The van der Waals surface area contributed by atoms with Crippen molar-refractivity contribution in [3.8, 4) is 22.8 Å². The Bertz CT molecular complexity index is 1490. The van der Waals surface area contributed by atoms with Gasteiger partial charge in [-0.2, -0.15) is 5.10 Å². The van der Waals surface area contributed by atoms with Gasteiger partial charge in [0.05, 0.1) is 11.4 Å². The van der Waals surface area contributed by atoms with Crippen molar-refractivity contribution in [1.82, 2.24) is 34.9 Å². The number of halogens is 2. The van der Waals surface area contributed by atoms with Crippen LogP contribution in [0.15, 0.2) is 60.9 Å². The van der Waals surface area contributed by atoms with Crippen LogP contribution in [-0.4, -0.2) is 93.2 Å². The summed E-state index contributed by atoms with van der Waals surface area (Å²) < 4.78 is 37.8. The Morgan fingerprint density at radius 1 is 1.00 bits per heavy atom. The molecule has 7 rings (SSSR count). The number of anilines is 1. The summed E-state index contributed by atoms with van der Waals surface area (Å²) in [5, 5.41) is 8.48. The minimum absolute atomic E-state index is 0.260. The van der Waals surface area contributed by atoms with E-state index in [0.717, 1.165) is 30.9 Å². The number of hydrogen-bond acceptors (Lipinski definition) is 8. The van der Waals surface area contributed by atoms with Crippen LogP contribution in [-0.2, 0) is 0 Å². The van der Waals surface area contributed by atoms with Gasteiger partial charge in [-0.25, -0.2) is 23.4 Å². The predicted octanol–water partition coefficient (Wildman–Crippen LogP) is 3.45. The van der Waals surface area contributed by atoms with Crippen LogP contribution in [0.2, 0.25) is 0 Å². The molecular formula is C29H32F2N8O. The number of nitrogens with one attached hydrogen (secondary N) is 1. The van der Waals surface area contributed by atoms with Crippen LogP contribution in [0, 0.1) is 0 Å². The molecule has 2 atom stereocenters. The number of nitrogens with zero attached hydrogens (tertiary/aromatic N) is 6. The number of nitrogen functional groups attached to an aromatic ring is 1. The lowest BCUT2D eigenvalue weighted by molar-refractivity contribution is -0.0450. The Morgan fingerprint density at radius 2 is 1.75 bits per heavy atom. The molecule has 3 aliphatic heterocycles. The molecule has 11 heteroatoms. The maximum atomic E-state index is 15.8. The molecule has 9 nitrogen and oxygen atoms in total. The standard InChI is InChI=1S/C29H32F2N8O/c30-23-14-38(20-12-37(13-20)17-29(31)15-33-16-29)11-10-24(23)39-28-25(27(32)34-18-35-28)26(36-39)19-6-8-22(9-7-19)40-21-4-2-1-3-5-21/h1-9,18,20,23-24,33H,10-17H2,(H2,32,34,35)/t23-,24+/m1/s1. The van der Waals surface area contributed by atoms with E-state index in [9.17, 15) is 4.39 Å². The highest BCUT2D eigenvalue weighted by Crippen LogP contribution is 2.37. The fraction of sp³-hybridized carbons (Fsp3) is 0.414. The van der Waals surface area contributed by atoms with Crippen molar-refractivity contribution in [3.05, 3.63) is 60.9 Å². The molecule has 3 N–H and O–H groups in total. The Kier molecular flexibility index (Phi) is 6.37. The van der Waals surface area contributed by atoms with Crippen LogP contribution >= 0.6 is 0 Å². The van der Waals surface area contributed by atoms with E-state index in [-0.39, 0.29) is 6.04 Å². The van der Waals surface area contributed by atoms with Gasteiger partial charge in [-0.05, 0) is 42.8 Å². The molecular weight excluding hydrogens is 514 g/mol. The molecule has 40 heavy (non-hydrogen) atoms. The average molecular weight is 547 g/mol. The highest BCUT2D eigenvalue weighted by Gasteiger charge is 2.44. The number of hydrogen-bond donors (Lipinski definition) is 2. The van der Waals surface area contributed by atoms with E-state index in [4.69, 9.17) is 15.6 Å². The second kappa shape index (κ2) is 10.1. The van der Waals surface area contributed by atoms with Crippen molar-refractivity contribution in [2.24, 2.45) is 0 Å². The molecule has 0 spiro atoms. The van der Waals surface area contributed by atoms with E-state index in [2.05, 4.69) is 25.1 Å². The van der Waals surface area contributed by atoms with Crippen molar-refractivity contribution in [1.29, 1.82) is 0 Å². The third kappa shape index (κ3) is 4.67. The van der Waals surface area contributed by atoms with Crippen LogP contribution in [0.3, 0.4) is 0 Å². The SMILES string of the molecule is Nc1ncnc2c1c(-c1ccc(Oc3ccccc3)cc1)nn2[C@H]1CCN(C2CN(CC3(F)CNC3)C2)C[C@H]1F. The third-order valence-corrected chi connectivity index (χ3v) is 8.32. The Morgan fingerprint density at radius 3 is 2.45 bits per heavy atom. The summed E-state index contributed by atoms with van der Waals surface area (Å²) in [6, 6.07) is 16.9. The monoisotopic (exact) mass is 546 g/mol. The van der Waals surface area contributed by atoms with E-state index in [1.807, 2.05) is 54.6 Å². The lowest BCUT2D eigenvalue weighted by Gasteiger charge is -2.51. The normalized spacial score (nSPS) is 23.6. The van der Waals surface area contributed by atoms with Crippen LogP contribution in [0.4, 0.5) is 14.6 Å². The zero-order chi connectivity index (χ0) is 27.3. The van der Waals surface area contributed by atoms with Crippen LogP contribution in [0.5, 0.6) is 11.5 Å². The average Bonchev–Trinajstić information content (AvgIpc) is 3.31. The van der Waals surface area contributed by atoms with Gasteiger partial charge in [-0.1, -0.05) is 18.2 Å². The molecule has 5 heterocycles. The van der Waals surface area contributed by atoms with Gasteiger partial charge in [0.25, 0.3) is 0 Å². The maximum absolute atomic E-state index is 15.8. The number of para-hydroxylation sites is 1. The predicted molar refractivity (Wildman–Crippen MR) is 149 cm³/mol. The molecule has 0 aliphatic carbocycles. The zero-order valence-corrected chi connectivity index (χ0v) is 22.1. The minimum Gasteiger partial charge on any atom is -0.457 e. The van der Waals surface area contributed by atoms with E-state index in [0.29, 0.717) is 60.9 Å². The second-order valence-electron chi connectivity index (χ2n) is 11.2. The summed E-state index contributed by atoms with van der Waals surface area (Å²) in [6.07, 6.45) is 0.871. The van der Waals surface area contributed by atoms with E-state index in [1.165, 1.54) is 6.33 Å². The molecule has 0 radical (unpaired) electrons. The number of ether oxygens (including phenoxy) is 1. The minimum atomic E-state index is -1.13. The summed E-state index contributed by atoms with van der Waals surface area (Å²) in [7, 11) is 0. The first-order chi connectivity index (χ1) is 19.5. The number of piperidine rings is 1. The largest absolute Gasteiger partial charge is 0.457 e. The van der Waals surface area contributed by atoms with Crippen molar-refractivity contribution in [3.63, 3.8) is 0 Å². The molecule has 0 saturated carbocycles. The molecule has 4 aromatic rings. The number of alkyl halides is 2. The maximum Gasteiger partial charge on any atom is 0.164 e. The molecule has 2 aromatic carbocycles. The molecule has 0 bridgehead atoms. The van der Waals surface area contributed by atoms with Gasteiger partial charge in [-0.3, -0.25) is 9.80 Å². The van der Waals surface area contributed by atoms with Crippen LogP contribution < -0.4 is 15.8 Å². The number of fused-ring (bicyclic) bond motifs is 1. The molecule has 0 amide bonds. The number of nitrogens with two attached hydrogens (primary N) is 1. The molecule has 2 aromatic heterocycles. The Balaban J connectivity index is 1.08. The fourth-order valence-electron chi connectivity index (χ4n) is 6.07. The number of benzene rings is 2. The summed E-state index contributed by atoms with van der Waals surface area (Å²) in [6.45, 7) is 3.92. The second-order valence-corrected chi connectivity index (χ2v) is 11.2. The zero-order valence-electron chi connectivity index (χ0n) is 22.1. The van der Waals surface area contributed by atoms with Gasteiger partial charge in [0.2, 0.25) is 0 Å². The van der Waals surface area contributed by atoms with Gasteiger partial charge < -0.3 is 15.8 Å². The Labute approximate surface area is 230 Å². The number of likely N-dealkylation sites (tertiary alicyclic amines) is 2. The van der Waals surface area contributed by atoms with E-state index < -0.39 is 17.9 Å². The topological polar surface area (TPSA) is 97.4 Å². The highest BCUT2D eigenvalue weighted by atomic mass is 19.1. The van der Waals surface area contributed by atoms with Gasteiger partial charge in [0.15, 0.2) is 5.65 Å². The van der Waals surface area contributed by atoms with Crippen LogP contribution in [0.25, 0.3) is 22.3 Å². The van der Waals surface area contributed by atoms with Crippen molar-refractivity contribution in [2.45, 2.75) is 30.3 Å². The summed E-state index contributed by atoms with van der Waals surface area (Å²) in [5.74, 6) is 1.75. The van der Waals surface area contributed by atoms with Gasteiger partial charge in [0, 0.05) is 57.4 Å². The molecule has 3 fully saturated rings. The molecule has 3 saturated heterocycles. The van der Waals surface area contributed by atoms with Gasteiger partial charge >= 0.3 is 0 Å². The summed E-state index contributed by atoms with van der Waals surface area (Å²) in [5.41, 5.74) is 7.16. The van der Waals surface area contributed by atoms with Gasteiger partial charge in [0.1, 0.15) is 41.2 Å². The first-order valence-electron chi connectivity index (χ1n) is 13.8. The number of aromatic nitrogens is 4. The first kappa shape index (κ1) is 25.3. The third-order valence-electron chi connectivity index (χ3n) is 8.32. The first-order valence-corrected chi connectivity index (χ1v) is 13.8. The molecule has 0 unspecified atom stereocenters. The summed E-state index contributed by atoms with van der Waals surface area (Å²) >= 11 is 0. The van der Waals surface area contributed by atoms with E-state index in [1.54, 1.807) is 4.68 Å². The highest BCUT2D eigenvalue weighted by molar-refractivity contribution is 5.98. The Hall–Kier alpha value is -3.67. The molecule has 208 valence electrons. The smallest absolute Gasteiger partial charge is 0.164 e. The lowest BCUT2D eigenvalue weighted by atomic mass is 9.94. The van der Waals surface area contributed by atoms with Crippen molar-refractivity contribution < 1.29 is 13.5 Å². The fourth-order valence-corrected chi connectivity index (χ4v) is 6.07. The van der Waals surface area contributed by atoms with Crippen LogP contribution in [0.1, 0.15) is 12.5 Å².